The Bertz CT molecular complexity index is 727. The number of carbonyl (C=O) groups is 1. The molecule has 0 aliphatic rings. The first-order chi connectivity index (χ1) is 9.49. The highest BCUT2D eigenvalue weighted by atomic mass is 16.1. The van der Waals surface area contributed by atoms with Crippen LogP contribution in [0.1, 0.15) is 18.3 Å². The molecule has 7 nitrogen and oxygen atoms in total. The van der Waals surface area contributed by atoms with Crippen LogP contribution in [0.25, 0.3) is 5.95 Å². The molecule has 0 aliphatic heterocycles. The third-order valence-corrected chi connectivity index (χ3v) is 2.46. The topological polar surface area (TPSA) is 92.7 Å². The number of aromatic nitrogens is 4. The molecule has 7 heteroatoms. The zero-order valence-corrected chi connectivity index (χ0v) is 11.5. The summed E-state index contributed by atoms with van der Waals surface area (Å²) in [4.78, 5) is 29.9. The number of amides is 1. The molecule has 20 heavy (non-hydrogen) atoms. The summed E-state index contributed by atoms with van der Waals surface area (Å²) in [5.41, 5.74) is 0.999. The number of anilines is 1. The minimum Gasteiger partial charge on any atom is -0.307 e. The van der Waals surface area contributed by atoms with Gasteiger partial charge in [0.2, 0.25) is 11.9 Å². The van der Waals surface area contributed by atoms with E-state index >= 15 is 0 Å². The quantitative estimate of drug-likeness (QED) is 0.819. The van der Waals surface area contributed by atoms with E-state index in [0.29, 0.717) is 17.2 Å². The molecule has 2 N–H and O–H groups in total. The maximum absolute atomic E-state index is 11.6. The third kappa shape index (κ3) is 3.00. The number of nitrogens with one attached hydrogen (secondary N) is 2. The van der Waals surface area contributed by atoms with Crippen molar-refractivity contribution in [1.82, 2.24) is 19.7 Å². The normalized spacial score (nSPS) is 10.9. The van der Waals surface area contributed by atoms with Crippen LogP contribution in [0.15, 0.2) is 29.1 Å². The van der Waals surface area contributed by atoms with Crippen molar-refractivity contribution in [2.75, 3.05) is 5.32 Å². The Labute approximate surface area is 115 Å². The van der Waals surface area contributed by atoms with E-state index in [2.05, 4.69) is 20.4 Å². The zero-order valence-electron chi connectivity index (χ0n) is 11.5. The largest absolute Gasteiger partial charge is 0.307 e. The van der Waals surface area contributed by atoms with Crippen molar-refractivity contribution in [3.63, 3.8) is 0 Å². The van der Waals surface area contributed by atoms with Crippen LogP contribution < -0.4 is 10.9 Å². The van der Waals surface area contributed by atoms with Crippen molar-refractivity contribution in [3.8, 4) is 5.95 Å². The molecule has 2 rings (SSSR count). The van der Waals surface area contributed by atoms with Gasteiger partial charge in [0.05, 0.1) is 5.69 Å². The lowest BCUT2D eigenvalue weighted by molar-refractivity contribution is -0.111. The van der Waals surface area contributed by atoms with Gasteiger partial charge in [0.1, 0.15) is 5.82 Å². The summed E-state index contributed by atoms with van der Waals surface area (Å²) in [7, 11) is 0. The Kier molecular flexibility index (Phi) is 3.79. The summed E-state index contributed by atoms with van der Waals surface area (Å²) in [6.07, 6.45) is 3.04. The first-order valence-electron chi connectivity index (χ1n) is 6.08. The van der Waals surface area contributed by atoms with Gasteiger partial charge in [-0.05, 0) is 26.8 Å². The van der Waals surface area contributed by atoms with Crippen LogP contribution in [0.5, 0.6) is 0 Å². The lowest BCUT2D eigenvalue weighted by Gasteiger charge is -2.06. The summed E-state index contributed by atoms with van der Waals surface area (Å²) >= 11 is 0. The average Bonchev–Trinajstić information content (AvgIpc) is 2.69. The molecule has 0 aliphatic carbocycles. The number of H-pyrrole nitrogens is 1. The molecular weight excluding hydrogens is 258 g/mol. The molecule has 0 atom stereocenters. The van der Waals surface area contributed by atoms with E-state index in [1.54, 1.807) is 32.9 Å². The van der Waals surface area contributed by atoms with Crippen molar-refractivity contribution in [3.05, 3.63) is 46.0 Å². The SMILES string of the molecule is C/C=C/C(=O)Nc1cc(C)nn1-c1nc(C)cc(=O)[nH]1. The van der Waals surface area contributed by atoms with E-state index in [1.165, 1.54) is 16.8 Å². The molecule has 2 aromatic heterocycles. The Balaban J connectivity index is 2.46. The summed E-state index contributed by atoms with van der Waals surface area (Å²) in [6, 6.07) is 3.08. The van der Waals surface area contributed by atoms with Crippen LogP contribution in [0.3, 0.4) is 0 Å². The second kappa shape index (κ2) is 5.52. The smallest absolute Gasteiger partial charge is 0.252 e. The van der Waals surface area contributed by atoms with Gasteiger partial charge in [0.15, 0.2) is 0 Å². The number of hydrogen-bond donors (Lipinski definition) is 2. The van der Waals surface area contributed by atoms with Crippen molar-refractivity contribution < 1.29 is 4.79 Å². The number of rotatable bonds is 3. The van der Waals surface area contributed by atoms with E-state index in [0.717, 1.165) is 0 Å². The predicted molar refractivity (Wildman–Crippen MR) is 74.9 cm³/mol. The molecule has 0 saturated carbocycles. The predicted octanol–water partition coefficient (Wildman–Crippen LogP) is 1.09. The van der Waals surface area contributed by atoms with Crippen LogP contribution in [-0.4, -0.2) is 25.7 Å². The molecule has 0 fully saturated rings. The number of nitrogens with zero attached hydrogens (tertiary/aromatic N) is 3. The fourth-order valence-corrected chi connectivity index (χ4v) is 1.73. The molecule has 0 bridgehead atoms. The number of allylic oxidation sites excluding steroid dienone is 1. The minimum absolute atomic E-state index is 0.263. The molecule has 0 unspecified atom stereocenters. The van der Waals surface area contributed by atoms with Crippen LogP contribution >= 0.6 is 0 Å². The van der Waals surface area contributed by atoms with E-state index < -0.39 is 0 Å². The summed E-state index contributed by atoms with van der Waals surface area (Å²) in [5.74, 6) is 0.432. The third-order valence-electron chi connectivity index (χ3n) is 2.46. The molecule has 1 amide bonds. The van der Waals surface area contributed by atoms with Gasteiger partial charge >= 0.3 is 0 Å². The number of aromatic amines is 1. The molecule has 0 aromatic carbocycles. The molecule has 0 saturated heterocycles. The average molecular weight is 273 g/mol. The number of hydrogen-bond acceptors (Lipinski definition) is 4. The second-order valence-corrected chi connectivity index (χ2v) is 4.28. The Morgan fingerprint density at radius 3 is 2.75 bits per heavy atom. The van der Waals surface area contributed by atoms with Gasteiger partial charge in [-0.2, -0.15) is 9.78 Å². The van der Waals surface area contributed by atoms with E-state index in [9.17, 15) is 9.59 Å². The van der Waals surface area contributed by atoms with Crippen LogP contribution in [0.2, 0.25) is 0 Å². The van der Waals surface area contributed by atoms with Gasteiger partial charge in [-0.3, -0.25) is 14.6 Å². The lowest BCUT2D eigenvalue weighted by Crippen LogP contribution is -2.17. The molecule has 0 spiro atoms. The Morgan fingerprint density at radius 1 is 1.35 bits per heavy atom. The fraction of sp³-hybridized carbons (Fsp3) is 0.231. The molecular formula is C13H15N5O2. The Hall–Kier alpha value is -2.70. The van der Waals surface area contributed by atoms with Crippen LogP contribution in [0.4, 0.5) is 5.82 Å². The van der Waals surface area contributed by atoms with Gasteiger partial charge in [0.25, 0.3) is 5.56 Å². The highest BCUT2D eigenvalue weighted by molar-refractivity contribution is 5.98. The molecule has 104 valence electrons. The van der Waals surface area contributed by atoms with Crippen molar-refractivity contribution in [1.29, 1.82) is 0 Å². The zero-order chi connectivity index (χ0) is 14.7. The van der Waals surface area contributed by atoms with E-state index in [-0.39, 0.29) is 17.4 Å². The van der Waals surface area contributed by atoms with Crippen molar-refractivity contribution in [2.45, 2.75) is 20.8 Å². The molecule has 2 aromatic rings. The maximum Gasteiger partial charge on any atom is 0.252 e. The van der Waals surface area contributed by atoms with Gasteiger partial charge in [-0.25, -0.2) is 4.98 Å². The van der Waals surface area contributed by atoms with E-state index in [4.69, 9.17) is 0 Å². The highest BCUT2D eigenvalue weighted by Gasteiger charge is 2.11. The van der Waals surface area contributed by atoms with E-state index in [1.807, 2.05) is 0 Å². The van der Waals surface area contributed by atoms with Crippen LogP contribution in [-0.2, 0) is 4.79 Å². The van der Waals surface area contributed by atoms with Crippen molar-refractivity contribution >= 4 is 11.7 Å². The molecule has 2 heterocycles. The first kappa shape index (κ1) is 13.7. The summed E-state index contributed by atoms with van der Waals surface area (Å²) in [6.45, 7) is 5.25. The van der Waals surface area contributed by atoms with Crippen molar-refractivity contribution in [2.24, 2.45) is 0 Å². The highest BCUT2D eigenvalue weighted by Crippen LogP contribution is 2.13. The maximum atomic E-state index is 11.6. The van der Waals surface area contributed by atoms with Crippen LogP contribution in [0, 0.1) is 13.8 Å². The fourth-order valence-electron chi connectivity index (χ4n) is 1.73. The lowest BCUT2D eigenvalue weighted by atomic mass is 10.4. The van der Waals surface area contributed by atoms with Gasteiger partial charge in [-0.15, -0.1) is 0 Å². The minimum atomic E-state index is -0.274. The van der Waals surface area contributed by atoms with Gasteiger partial charge in [0, 0.05) is 17.8 Å². The summed E-state index contributed by atoms with van der Waals surface area (Å²) < 4.78 is 1.39. The Morgan fingerprint density at radius 2 is 2.10 bits per heavy atom. The summed E-state index contributed by atoms with van der Waals surface area (Å²) in [5, 5.41) is 6.90. The van der Waals surface area contributed by atoms with Gasteiger partial charge in [-0.1, -0.05) is 6.08 Å². The standard InChI is InChI=1S/C13H15N5O2/c1-4-5-11(19)15-10-6-9(3)17-18(10)13-14-8(2)7-12(20)16-13/h4-7H,1-3H3,(H,15,19)(H,14,16,20)/b5-4+. The van der Waals surface area contributed by atoms with Gasteiger partial charge < -0.3 is 5.32 Å². The number of aryl methyl sites for hydroxylation is 2. The monoisotopic (exact) mass is 273 g/mol. The first-order valence-corrected chi connectivity index (χ1v) is 6.08. The molecule has 0 radical (unpaired) electrons. The second-order valence-electron chi connectivity index (χ2n) is 4.28. The number of carbonyl (C=O) groups excluding carboxylic acids is 1.